The number of hydrogen-bond acceptors (Lipinski definition) is 7. The SMILES string of the molecule is CCOc1ccccc1OCC(=O)OCC(=O)NC(c1ccc(OC)cc1)c1ccc(OC)cc1. The third-order valence-corrected chi connectivity index (χ3v) is 5.06. The van der Waals surface area contributed by atoms with E-state index in [9.17, 15) is 9.59 Å². The molecule has 3 aromatic carbocycles. The fraction of sp³-hybridized carbons (Fsp3) is 0.259. The van der Waals surface area contributed by atoms with Gasteiger partial charge < -0.3 is 29.0 Å². The molecule has 184 valence electrons. The van der Waals surface area contributed by atoms with Crippen LogP contribution in [0, 0.1) is 0 Å². The molecular weight excluding hydrogens is 450 g/mol. The Labute approximate surface area is 204 Å². The van der Waals surface area contributed by atoms with Crippen molar-refractivity contribution in [1.82, 2.24) is 5.32 Å². The molecular formula is C27H29NO7. The van der Waals surface area contributed by atoms with Gasteiger partial charge in [-0.1, -0.05) is 36.4 Å². The van der Waals surface area contributed by atoms with E-state index in [-0.39, 0.29) is 6.61 Å². The van der Waals surface area contributed by atoms with Crippen LogP contribution < -0.4 is 24.3 Å². The van der Waals surface area contributed by atoms with Gasteiger partial charge in [0.2, 0.25) is 0 Å². The van der Waals surface area contributed by atoms with E-state index >= 15 is 0 Å². The molecule has 0 heterocycles. The highest BCUT2D eigenvalue weighted by atomic mass is 16.6. The molecule has 0 bridgehead atoms. The van der Waals surface area contributed by atoms with Gasteiger partial charge >= 0.3 is 5.97 Å². The molecule has 0 spiro atoms. The van der Waals surface area contributed by atoms with Crippen LogP contribution in [-0.4, -0.2) is 45.9 Å². The van der Waals surface area contributed by atoms with Gasteiger partial charge in [0, 0.05) is 0 Å². The molecule has 1 amide bonds. The minimum atomic E-state index is -0.670. The van der Waals surface area contributed by atoms with Crippen molar-refractivity contribution in [3.05, 3.63) is 83.9 Å². The van der Waals surface area contributed by atoms with Gasteiger partial charge in [-0.15, -0.1) is 0 Å². The summed E-state index contributed by atoms with van der Waals surface area (Å²) in [6, 6.07) is 21.3. The van der Waals surface area contributed by atoms with Crippen LogP contribution in [0.4, 0.5) is 0 Å². The minimum absolute atomic E-state index is 0.349. The Morgan fingerprint density at radius 3 is 1.74 bits per heavy atom. The highest BCUT2D eigenvalue weighted by molar-refractivity contribution is 5.81. The summed E-state index contributed by atoms with van der Waals surface area (Å²) in [4.78, 5) is 24.8. The van der Waals surface area contributed by atoms with Crippen LogP contribution in [-0.2, 0) is 14.3 Å². The zero-order valence-corrected chi connectivity index (χ0v) is 20.0. The number of para-hydroxylation sites is 2. The Balaban J connectivity index is 1.61. The van der Waals surface area contributed by atoms with E-state index in [0.29, 0.717) is 29.6 Å². The number of rotatable bonds is 12. The van der Waals surface area contributed by atoms with Crippen LogP contribution in [0.15, 0.2) is 72.8 Å². The maximum atomic E-state index is 12.7. The smallest absolute Gasteiger partial charge is 0.344 e. The lowest BCUT2D eigenvalue weighted by molar-refractivity contribution is -0.150. The summed E-state index contributed by atoms with van der Waals surface area (Å²) in [6.45, 7) is 1.53. The molecule has 8 nitrogen and oxygen atoms in total. The predicted octanol–water partition coefficient (Wildman–Crippen LogP) is 3.93. The molecule has 8 heteroatoms. The lowest BCUT2D eigenvalue weighted by atomic mass is 9.98. The molecule has 0 radical (unpaired) electrons. The van der Waals surface area contributed by atoms with Gasteiger partial charge in [-0.25, -0.2) is 4.79 Å². The van der Waals surface area contributed by atoms with Gasteiger partial charge in [0.25, 0.3) is 5.91 Å². The van der Waals surface area contributed by atoms with Crippen molar-refractivity contribution < 1.29 is 33.3 Å². The van der Waals surface area contributed by atoms with Crippen LogP contribution in [0.1, 0.15) is 24.1 Å². The Morgan fingerprint density at radius 1 is 0.743 bits per heavy atom. The number of carbonyl (C=O) groups excluding carboxylic acids is 2. The third-order valence-electron chi connectivity index (χ3n) is 5.06. The largest absolute Gasteiger partial charge is 0.497 e. The molecule has 0 unspecified atom stereocenters. The van der Waals surface area contributed by atoms with Crippen molar-refractivity contribution in [3.8, 4) is 23.0 Å². The molecule has 0 saturated carbocycles. The van der Waals surface area contributed by atoms with Crippen LogP contribution in [0.3, 0.4) is 0 Å². The van der Waals surface area contributed by atoms with Crippen molar-refractivity contribution in [2.75, 3.05) is 34.0 Å². The first-order valence-corrected chi connectivity index (χ1v) is 11.1. The first-order chi connectivity index (χ1) is 17.0. The van der Waals surface area contributed by atoms with Crippen molar-refractivity contribution in [1.29, 1.82) is 0 Å². The maximum Gasteiger partial charge on any atom is 0.344 e. The van der Waals surface area contributed by atoms with Crippen LogP contribution in [0.25, 0.3) is 0 Å². The molecule has 0 saturated heterocycles. The van der Waals surface area contributed by atoms with Crippen molar-refractivity contribution >= 4 is 11.9 Å². The standard InChI is InChI=1S/C27H29NO7/c1-4-33-23-7-5-6-8-24(23)34-18-26(30)35-17-25(29)28-27(19-9-13-21(31-2)14-10-19)20-11-15-22(32-3)16-12-20/h5-16,27H,4,17-18H2,1-3H3,(H,28,29). The predicted molar refractivity (Wildman–Crippen MR) is 130 cm³/mol. The van der Waals surface area contributed by atoms with Gasteiger partial charge in [0.1, 0.15) is 11.5 Å². The summed E-state index contributed by atoms with van der Waals surface area (Å²) in [7, 11) is 3.18. The second-order valence-corrected chi connectivity index (χ2v) is 7.38. The van der Waals surface area contributed by atoms with E-state index in [0.717, 1.165) is 11.1 Å². The summed E-state index contributed by atoms with van der Waals surface area (Å²) >= 11 is 0. The Bertz CT molecular complexity index is 1050. The number of amides is 1. The monoisotopic (exact) mass is 479 g/mol. The van der Waals surface area contributed by atoms with Gasteiger partial charge in [0.15, 0.2) is 24.7 Å². The van der Waals surface area contributed by atoms with Crippen molar-refractivity contribution in [2.45, 2.75) is 13.0 Å². The number of nitrogens with one attached hydrogen (secondary N) is 1. The van der Waals surface area contributed by atoms with Crippen LogP contribution in [0.5, 0.6) is 23.0 Å². The molecule has 0 atom stereocenters. The topological polar surface area (TPSA) is 92.3 Å². The second-order valence-electron chi connectivity index (χ2n) is 7.38. The first kappa shape index (κ1) is 25.4. The van der Waals surface area contributed by atoms with E-state index in [1.54, 1.807) is 32.4 Å². The summed E-state index contributed by atoms with van der Waals surface area (Å²) in [5.41, 5.74) is 1.68. The quantitative estimate of drug-likeness (QED) is 0.394. The van der Waals surface area contributed by atoms with Crippen molar-refractivity contribution in [3.63, 3.8) is 0 Å². The molecule has 0 aliphatic rings. The van der Waals surface area contributed by atoms with Gasteiger partial charge in [-0.3, -0.25) is 4.79 Å². The number of esters is 1. The number of benzene rings is 3. The highest BCUT2D eigenvalue weighted by Gasteiger charge is 2.19. The zero-order chi connectivity index (χ0) is 25.0. The molecule has 3 aromatic rings. The zero-order valence-electron chi connectivity index (χ0n) is 20.0. The van der Waals surface area contributed by atoms with E-state index < -0.39 is 24.5 Å². The number of ether oxygens (including phenoxy) is 5. The lowest BCUT2D eigenvalue weighted by Gasteiger charge is -2.20. The van der Waals surface area contributed by atoms with E-state index in [1.807, 2.05) is 61.5 Å². The molecule has 1 N–H and O–H groups in total. The molecule has 0 aliphatic heterocycles. The number of hydrogen-bond donors (Lipinski definition) is 1. The van der Waals surface area contributed by atoms with E-state index in [4.69, 9.17) is 23.7 Å². The summed E-state index contributed by atoms with van der Waals surface area (Å²) in [5, 5.41) is 2.92. The summed E-state index contributed by atoms with van der Waals surface area (Å²) in [6.07, 6.45) is 0. The third kappa shape index (κ3) is 7.40. The van der Waals surface area contributed by atoms with Crippen molar-refractivity contribution in [2.24, 2.45) is 0 Å². The average Bonchev–Trinajstić information content (AvgIpc) is 2.90. The molecule has 35 heavy (non-hydrogen) atoms. The van der Waals surface area contributed by atoms with Gasteiger partial charge in [-0.2, -0.15) is 0 Å². The van der Waals surface area contributed by atoms with Crippen LogP contribution >= 0.6 is 0 Å². The molecule has 0 aliphatic carbocycles. The first-order valence-electron chi connectivity index (χ1n) is 11.1. The maximum absolute atomic E-state index is 12.7. The van der Waals surface area contributed by atoms with Gasteiger partial charge in [0.05, 0.1) is 26.9 Å². The Morgan fingerprint density at radius 2 is 1.26 bits per heavy atom. The normalized spacial score (nSPS) is 10.4. The summed E-state index contributed by atoms with van der Waals surface area (Å²) < 4.78 is 26.5. The number of carbonyl (C=O) groups is 2. The fourth-order valence-corrected chi connectivity index (χ4v) is 3.32. The lowest BCUT2D eigenvalue weighted by Crippen LogP contribution is -2.33. The Kier molecular flexibility index (Phi) is 9.36. The fourth-order valence-electron chi connectivity index (χ4n) is 3.32. The molecule has 0 aromatic heterocycles. The van der Waals surface area contributed by atoms with Crippen LogP contribution in [0.2, 0.25) is 0 Å². The summed E-state index contributed by atoms with van der Waals surface area (Å²) in [5.74, 6) is 1.24. The van der Waals surface area contributed by atoms with E-state index in [1.165, 1.54) is 0 Å². The molecule has 3 rings (SSSR count). The minimum Gasteiger partial charge on any atom is -0.497 e. The number of methoxy groups -OCH3 is 2. The average molecular weight is 480 g/mol. The Hall–Kier alpha value is -4.20. The second kappa shape index (κ2) is 12.9. The molecule has 0 fully saturated rings. The van der Waals surface area contributed by atoms with Gasteiger partial charge in [-0.05, 0) is 54.4 Å². The van der Waals surface area contributed by atoms with E-state index in [2.05, 4.69) is 5.32 Å². The highest BCUT2D eigenvalue weighted by Crippen LogP contribution is 2.27.